The van der Waals surface area contributed by atoms with Gasteiger partial charge < -0.3 is 25.1 Å². The van der Waals surface area contributed by atoms with Crippen LogP contribution < -0.4 is 15.5 Å². The summed E-state index contributed by atoms with van der Waals surface area (Å²) in [5.41, 5.74) is 0. The molecule has 0 rings (SSSR count). The highest BCUT2D eigenvalue weighted by atomic mass is 16.4. The van der Waals surface area contributed by atoms with Crippen LogP contribution in [0.25, 0.3) is 0 Å². The predicted octanol–water partition coefficient (Wildman–Crippen LogP) is -0.930. The fourth-order valence-corrected chi connectivity index (χ4v) is 1.00. The van der Waals surface area contributed by atoms with Crippen LogP contribution in [0.3, 0.4) is 0 Å². The minimum atomic E-state index is -1.49. The van der Waals surface area contributed by atoms with Crippen molar-refractivity contribution in [1.29, 1.82) is 0 Å². The lowest BCUT2D eigenvalue weighted by Gasteiger charge is -2.19. The van der Waals surface area contributed by atoms with Gasteiger partial charge >= 0.3 is 0 Å². The molecular weight excluding hydrogens is 226 g/mol. The predicted molar refractivity (Wildman–Crippen MR) is 61.7 cm³/mol. The van der Waals surface area contributed by atoms with E-state index in [9.17, 15) is 24.6 Å². The molecule has 0 radical (unpaired) electrons. The highest BCUT2D eigenvalue weighted by Gasteiger charge is 2.12. The van der Waals surface area contributed by atoms with Crippen molar-refractivity contribution in [2.24, 2.45) is 0 Å². The summed E-state index contributed by atoms with van der Waals surface area (Å²) in [6.07, 6.45) is 0.145. The topological polar surface area (TPSA) is 109 Å². The van der Waals surface area contributed by atoms with E-state index in [0.717, 1.165) is 0 Å². The average molecular weight is 249 g/mol. The molecular formula is C11H23NO5-2. The molecule has 0 heterocycles. The van der Waals surface area contributed by atoms with Crippen LogP contribution in [0.4, 0.5) is 0 Å². The molecule has 0 bridgehead atoms. The first-order valence-corrected chi connectivity index (χ1v) is 4.67. The molecule has 1 amide bonds. The lowest BCUT2D eigenvalue weighted by Crippen LogP contribution is -2.48. The fraction of sp³-hybridized carbons (Fsp3) is 0.727. The maximum absolute atomic E-state index is 11.0. The maximum atomic E-state index is 11.0. The molecule has 0 aliphatic heterocycles. The minimum absolute atomic E-state index is 0. The number of carboxylic acid groups (broad SMARTS) is 2. The first kappa shape index (κ1) is 20.8. The zero-order chi connectivity index (χ0) is 11.8. The van der Waals surface area contributed by atoms with Gasteiger partial charge in [0.1, 0.15) is 0 Å². The molecule has 17 heavy (non-hydrogen) atoms. The van der Waals surface area contributed by atoms with E-state index >= 15 is 0 Å². The molecule has 0 unspecified atom stereocenters. The van der Waals surface area contributed by atoms with Crippen molar-refractivity contribution in [3.63, 3.8) is 0 Å². The molecule has 0 saturated carbocycles. The van der Waals surface area contributed by atoms with Gasteiger partial charge in [-0.3, -0.25) is 4.79 Å². The van der Waals surface area contributed by atoms with Crippen molar-refractivity contribution >= 4 is 17.8 Å². The molecule has 0 fully saturated rings. The molecule has 6 nitrogen and oxygen atoms in total. The number of carbonyl (C=O) groups excluding carboxylic acids is 3. The first-order chi connectivity index (χ1) is 6.97. The molecule has 6 heteroatoms. The van der Waals surface area contributed by atoms with E-state index in [4.69, 9.17) is 0 Å². The van der Waals surface area contributed by atoms with Crippen LogP contribution in [-0.4, -0.2) is 23.9 Å². The summed E-state index contributed by atoms with van der Waals surface area (Å²) in [7, 11) is 0. The Morgan fingerprint density at radius 3 is 2.06 bits per heavy atom. The van der Waals surface area contributed by atoms with Gasteiger partial charge in [-0.15, -0.1) is 0 Å². The summed E-state index contributed by atoms with van der Waals surface area (Å²) >= 11 is 0. The highest BCUT2D eigenvalue weighted by Crippen LogP contribution is 1.97. The van der Waals surface area contributed by atoms with E-state index in [1.54, 1.807) is 6.92 Å². The maximum Gasteiger partial charge on any atom is 0.220 e. The second kappa shape index (κ2) is 10.9. The number of amides is 1. The molecule has 0 aromatic carbocycles. The van der Waals surface area contributed by atoms with Gasteiger partial charge in [0.05, 0.1) is 12.0 Å². The van der Waals surface area contributed by atoms with Gasteiger partial charge in [0.15, 0.2) is 0 Å². The van der Waals surface area contributed by atoms with Crippen LogP contribution in [0.5, 0.6) is 0 Å². The van der Waals surface area contributed by atoms with Gasteiger partial charge in [0, 0.05) is 13.8 Å². The largest absolute Gasteiger partial charge is 0.550 e. The summed E-state index contributed by atoms with van der Waals surface area (Å²) in [6.45, 7) is 1.77. The van der Waals surface area contributed by atoms with Crippen molar-refractivity contribution < 1.29 is 26.0 Å². The normalized spacial score (nSPS) is 10.4. The molecule has 0 aliphatic rings. The molecule has 0 saturated heterocycles. The molecule has 0 aromatic heterocycles. The Labute approximate surface area is 104 Å². The molecule has 1 atom stereocenters. The molecule has 0 aromatic rings. The van der Waals surface area contributed by atoms with E-state index in [0.29, 0.717) is 6.42 Å². The monoisotopic (exact) mass is 249 g/mol. The van der Waals surface area contributed by atoms with Crippen molar-refractivity contribution in [3.05, 3.63) is 0 Å². The number of carboxylic acids is 2. The molecule has 0 aliphatic carbocycles. The van der Waals surface area contributed by atoms with E-state index in [1.807, 2.05) is 0 Å². The third kappa shape index (κ3) is 10.7. The van der Waals surface area contributed by atoms with Crippen molar-refractivity contribution in [3.8, 4) is 0 Å². The van der Waals surface area contributed by atoms with Gasteiger partial charge in [0.2, 0.25) is 5.91 Å². The van der Waals surface area contributed by atoms with E-state index in [1.165, 1.54) is 0 Å². The Morgan fingerprint density at radius 1 is 1.18 bits per heavy atom. The highest BCUT2D eigenvalue weighted by molar-refractivity contribution is 5.82. The van der Waals surface area contributed by atoms with Gasteiger partial charge in [0.25, 0.3) is 0 Å². The summed E-state index contributed by atoms with van der Waals surface area (Å²) in [5.74, 6) is -3.27. The van der Waals surface area contributed by atoms with E-state index in [2.05, 4.69) is 5.32 Å². The number of hydrogen-bond donors (Lipinski definition) is 1. The third-order valence-corrected chi connectivity index (χ3v) is 1.73. The van der Waals surface area contributed by atoms with Crippen LogP contribution in [-0.2, 0) is 14.4 Å². The van der Waals surface area contributed by atoms with Gasteiger partial charge in [-0.1, -0.05) is 21.8 Å². The van der Waals surface area contributed by atoms with Gasteiger partial charge in [-0.2, -0.15) is 0 Å². The third-order valence-electron chi connectivity index (χ3n) is 1.73. The van der Waals surface area contributed by atoms with Crippen LogP contribution in [0.2, 0.25) is 0 Å². The Balaban J connectivity index is -0.000000327. The van der Waals surface area contributed by atoms with Crippen LogP contribution in [0.15, 0.2) is 0 Å². The lowest BCUT2D eigenvalue weighted by molar-refractivity contribution is -0.310. The lowest BCUT2D eigenvalue weighted by atomic mass is 10.1. The SMILES string of the molecule is C.C.CCCC(=O)N[C@@H](CCC(=O)[O-])C(=O)[O-].[HH]. The Hall–Kier alpha value is -1.59. The zero-order valence-corrected chi connectivity index (χ0v) is 8.45. The van der Waals surface area contributed by atoms with Gasteiger partial charge in [-0.05, 0) is 19.3 Å². The Bertz CT molecular complexity index is 258. The molecule has 104 valence electrons. The number of aliphatic carboxylic acids is 2. The second-order valence-electron chi connectivity index (χ2n) is 3.10. The van der Waals surface area contributed by atoms with Crippen LogP contribution in [0, 0.1) is 0 Å². The minimum Gasteiger partial charge on any atom is -0.550 e. The zero-order valence-electron chi connectivity index (χ0n) is 8.45. The quantitative estimate of drug-likeness (QED) is 0.627. The van der Waals surface area contributed by atoms with Crippen LogP contribution >= 0.6 is 0 Å². The first-order valence-electron chi connectivity index (χ1n) is 4.67. The number of rotatable bonds is 7. The summed E-state index contributed by atoms with van der Waals surface area (Å²) in [6, 6.07) is -1.26. The van der Waals surface area contributed by atoms with Crippen molar-refractivity contribution in [2.45, 2.75) is 53.5 Å². The van der Waals surface area contributed by atoms with Gasteiger partial charge in [-0.25, -0.2) is 0 Å². The Morgan fingerprint density at radius 2 is 1.71 bits per heavy atom. The fourth-order valence-electron chi connectivity index (χ4n) is 1.00. The number of carbonyl (C=O) groups is 3. The van der Waals surface area contributed by atoms with E-state index in [-0.39, 0.29) is 29.1 Å². The van der Waals surface area contributed by atoms with Crippen molar-refractivity contribution in [2.75, 3.05) is 0 Å². The molecule has 1 N–H and O–H groups in total. The second-order valence-corrected chi connectivity index (χ2v) is 3.10. The number of hydrogen-bond acceptors (Lipinski definition) is 5. The average Bonchev–Trinajstić information content (AvgIpc) is 2.11. The summed E-state index contributed by atoms with van der Waals surface area (Å²) in [4.78, 5) is 31.7. The van der Waals surface area contributed by atoms with Crippen molar-refractivity contribution in [1.82, 2.24) is 5.32 Å². The summed E-state index contributed by atoms with van der Waals surface area (Å²) in [5, 5.41) is 22.8. The Kier molecular flexibility index (Phi) is 13.3. The van der Waals surface area contributed by atoms with Crippen LogP contribution in [0.1, 0.15) is 48.9 Å². The summed E-state index contributed by atoms with van der Waals surface area (Å²) < 4.78 is 0. The molecule has 0 spiro atoms. The smallest absolute Gasteiger partial charge is 0.220 e. The standard InChI is InChI=1S/C9H15NO5.2CH4.H2/c1-2-3-7(11)10-6(9(14)15)4-5-8(12)13;;;/h6H,2-5H2,1H3,(H,10,11)(H,12,13)(H,14,15);2*1H4;1H/p-2/t6-;;;/m0.../s1. The van der Waals surface area contributed by atoms with E-state index < -0.39 is 30.3 Å². The number of nitrogens with one attached hydrogen (secondary N) is 1.